The molecular formula is C15H18N2O3. The first-order chi connectivity index (χ1) is 9.30. The molecule has 1 heterocycles. The summed E-state index contributed by atoms with van der Waals surface area (Å²) in [6.45, 7) is 5.15. The number of fused-ring (bicyclic) bond motifs is 1. The van der Waals surface area contributed by atoms with Crippen molar-refractivity contribution in [2.75, 3.05) is 6.54 Å². The summed E-state index contributed by atoms with van der Waals surface area (Å²) in [5.74, 6) is -1.30. The van der Waals surface area contributed by atoms with Crippen molar-refractivity contribution in [2.45, 2.75) is 26.3 Å². The van der Waals surface area contributed by atoms with Gasteiger partial charge in [0, 0.05) is 22.6 Å². The van der Waals surface area contributed by atoms with Gasteiger partial charge in [0.25, 0.3) is 5.91 Å². The Morgan fingerprint density at radius 3 is 2.50 bits per heavy atom. The lowest BCUT2D eigenvalue weighted by atomic mass is 10.0. The molecule has 1 amide bonds. The predicted molar refractivity (Wildman–Crippen MR) is 76.7 cm³/mol. The molecule has 0 aliphatic carbocycles. The molecule has 20 heavy (non-hydrogen) atoms. The van der Waals surface area contributed by atoms with Gasteiger partial charge < -0.3 is 15.0 Å². The van der Waals surface area contributed by atoms with Crippen molar-refractivity contribution in [3.8, 4) is 0 Å². The van der Waals surface area contributed by atoms with Gasteiger partial charge in [-0.1, -0.05) is 18.2 Å². The summed E-state index contributed by atoms with van der Waals surface area (Å²) in [6, 6.07) is 7.46. The maximum Gasteiger partial charge on any atom is 0.323 e. The minimum atomic E-state index is -1.02. The van der Waals surface area contributed by atoms with Gasteiger partial charge in [-0.05, 0) is 26.8 Å². The fourth-order valence-electron chi connectivity index (χ4n) is 2.14. The predicted octanol–water partition coefficient (Wildman–Crippen LogP) is 2.49. The number of amides is 1. The molecule has 0 saturated heterocycles. The van der Waals surface area contributed by atoms with Gasteiger partial charge in [0.05, 0.1) is 5.56 Å². The van der Waals surface area contributed by atoms with Crippen LogP contribution in [-0.2, 0) is 4.79 Å². The standard InChI is InChI=1S/C15H18N2O3/c1-15(2,3)17(9-13(18)19)14(20)11-8-16-12-7-5-4-6-10(11)12/h4-8,16H,9H2,1-3H3,(H,18,19). The van der Waals surface area contributed by atoms with Gasteiger partial charge in [0.1, 0.15) is 6.54 Å². The molecule has 106 valence electrons. The van der Waals surface area contributed by atoms with Crippen LogP contribution in [0.3, 0.4) is 0 Å². The van der Waals surface area contributed by atoms with E-state index in [4.69, 9.17) is 5.11 Å². The Balaban J connectivity index is 2.44. The average Bonchev–Trinajstić information content (AvgIpc) is 2.77. The zero-order chi connectivity index (χ0) is 14.9. The summed E-state index contributed by atoms with van der Waals surface area (Å²) in [6.07, 6.45) is 1.63. The van der Waals surface area contributed by atoms with E-state index in [9.17, 15) is 9.59 Å². The Morgan fingerprint density at radius 1 is 1.25 bits per heavy atom. The van der Waals surface area contributed by atoms with Crippen molar-refractivity contribution in [3.05, 3.63) is 36.0 Å². The summed E-state index contributed by atoms with van der Waals surface area (Å²) in [7, 11) is 0. The van der Waals surface area contributed by atoms with Crippen molar-refractivity contribution in [2.24, 2.45) is 0 Å². The number of aliphatic carboxylic acids is 1. The zero-order valence-corrected chi connectivity index (χ0v) is 11.8. The smallest absolute Gasteiger partial charge is 0.323 e. The number of nitrogens with zero attached hydrogens (tertiary/aromatic N) is 1. The lowest BCUT2D eigenvalue weighted by Gasteiger charge is -2.34. The molecule has 2 rings (SSSR count). The topological polar surface area (TPSA) is 73.4 Å². The molecule has 0 saturated carbocycles. The first-order valence-corrected chi connectivity index (χ1v) is 6.40. The quantitative estimate of drug-likeness (QED) is 0.903. The minimum absolute atomic E-state index is 0.280. The third-order valence-corrected chi connectivity index (χ3v) is 3.17. The number of carbonyl (C=O) groups excluding carboxylic acids is 1. The van der Waals surface area contributed by atoms with E-state index in [1.807, 2.05) is 45.0 Å². The number of rotatable bonds is 3. The molecule has 2 aromatic rings. The number of hydrogen-bond acceptors (Lipinski definition) is 2. The van der Waals surface area contributed by atoms with Crippen LogP contribution >= 0.6 is 0 Å². The molecule has 0 aliphatic heterocycles. The molecular weight excluding hydrogens is 256 g/mol. The molecule has 1 aromatic carbocycles. The Labute approximate surface area is 117 Å². The van der Waals surface area contributed by atoms with Crippen LogP contribution in [0.5, 0.6) is 0 Å². The van der Waals surface area contributed by atoms with Gasteiger partial charge >= 0.3 is 5.97 Å². The van der Waals surface area contributed by atoms with E-state index in [0.29, 0.717) is 5.56 Å². The van der Waals surface area contributed by atoms with Gasteiger partial charge in [0.15, 0.2) is 0 Å². The summed E-state index contributed by atoms with van der Waals surface area (Å²) in [5.41, 5.74) is 0.796. The van der Waals surface area contributed by atoms with Crippen LogP contribution in [0.4, 0.5) is 0 Å². The number of carbonyl (C=O) groups is 2. The monoisotopic (exact) mass is 274 g/mol. The number of carboxylic acids is 1. The SMILES string of the molecule is CC(C)(C)N(CC(=O)O)C(=O)c1c[nH]c2ccccc12. The van der Waals surface area contributed by atoms with Gasteiger partial charge in [-0.3, -0.25) is 9.59 Å². The number of aromatic amines is 1. The molecule has 0 spiro atoms. The third-order valence-electron chi connectivity index (χ3n) is 3.17. The highest BCUT2D eigenvalue weighted by atomic mass is 16.4. The van der Waals surface area contributed by atoms with Crippen LogP contribution < -0.4 is 0 Å². The Kier molecular flexibility index (Phi) is 3.53. The minimum Gasteiger partial charge on any atom is -0.480 e. The van der Waals surface area contributed by atoms with Crippen LogP contribution in [0.1, 0.15) is 31.1 Å². The van der Waals surface area contributed by atoms with E-state index in [2.05, 4.69) is 4.98 Å². The zero-order valence-electron chi connectivity index (χ0n) is 11.8. The molecule has 1 aromatic heterocycles. The molecule has 0 aliphatic rings. The lowest BCUT2D eigenvalue weighted by Crippen LogP contribution is -2.48. The fraction of sp³-hybridized carbons (Fsp3) is 0.333. The van der Waals surface area contributed by atoms with Crippen LogP contribution in [0.2, 0.25) is 0 Å². The Hall–Kier alpha value is -2.30. The number of hydrogen-bond donors (Lipinski definition) is 2. The van der Waals surface area contributed by atoms with Crippen molar-refractivity contribution in [1.82, 2.24) is 9.88 Å². The number of benzene rings is 1. The van der Waals surface area contributed by atoms with Gasteiger partial charge in [-0.15, -0.1) is 0 Å². The molecule has 0 fully saturated rings. The molecule has 2 N–H and O–H groups in total. The van der Waals surface area contributed by atoms with E-state index in [0.717, 1.165) is 10.9 Å². The van der Waals surface area contributed by atoms with Crippen LogP contribution in [0.25, 0.3) is 10.9 Å². The first-order valence-electron chi connectivity index (χ1n) is 6.40. The number of nitrogens with one attached hydrogen (secondary N) is 1. The summed E-state index contributed by atoms with van der Waals surface area (Å²) < 4.78 is 0. The normalized spacial score (nSPS) is 11.6. The van der Waals surface area contributed by atoms with Crippen molar-refractivity contribution >= 4 is 22.8 Å². The second-order valence-electron chi connectivity index (χ2n) is 5.70. The van der Waals surface area contributed by atoms with E-state index < -0.39 is 11.5 Å². The van der Waals surface area contributed by atoms with Crippen molar-refractivity contribution < 1.29 is 14.7 Å². The van der Waals surface area contributed by atoms with Crippen LogP contribution in [0.15, 0.2) is 30.5 Å². The first kappa shape index (κ1) is 14.1. The van der Waals surface area contributed by atoms with E-state index in [1.54, 1.807) is 6.20 Å². The molecule has 0 atom stereocenters. The number of para-hydroxylation sites is 1. The molecule has 5 heteroatoms. The van der Waals surface area contributed by atoms with E-state index in [-0.39, 0.29) is 12.5 Å². The van der Waals surface area contributed by atoms with Gasteiger partial charge in [-0.2, -0.15) is 0 Å². The molecule has 0 radical (unpaired) electrons. The summed E-state index contributed by atoms with van der Waals surface area (Å²) in [5, 5.41) is 9.81. The maximum absolute atomic E-state index is 12.6. The summed E-state index contributed by atoms with van der Waals surface area (Å²) >= 11 is 0. The number of carboxylic acid groups (broad SMARTS) is 1. The molecule has 0 bridgehead atoms. The Morgan fingerprint density at radius 2 is 1.90 bits per heavy atom. The highest BCUT2D eigenvalue weighted by molar-refractivity contribution is 6.07. The largest absolute Gasteiger partial charge is 0.480 e. The highest BCUT2D eigenvalue weighted by Gasteiger charge is 2.30. The van der Waals surface area contributed by atoms with Crippen molar-refractivity contribution in [1.29, 1.82) is 0 Å². The molecule has 0 unspecified atom stereocenters. The molecule has 5 nitrogen and oxygen atoms in total. The van der Waals surface area contributed by atoms with Gasteiger partial charge in [-0.25, -0.2) is 0 Å². The van der Waals surface area contributed by atoms with E-state index >= 15 is 0 Å². The van der Waals surface area contributed by atoms with E-state index in [1.165, 1.54) is 4.90 Å². The second kappa shape index (κ2) is 5.00. The maximum atomic E-state index is 12.6. The number of H-pyrrole nitrogens is 1. The number of aromatic nitrogens is 1. The second-order valence-corrected chi connectivity index (χ2v) is 5.70. The summed E-state index contributed by atoms with van der Waals surface area (Å²) in [4.78, 5) is 28.0. The third kappa shape index (κ3) is 2.66. The average molecular weight is 274 g/mol. The Bertz CT molecular complexity index is 652. The van der Waals surface area contributed by atoms with Crippen molar-refractivity contribution in [3.63, 3.8) is 0 Å². The van der Waals surface area contributed by atoms with Crippen LogP contribution in [0, 0.1) is 0 Å². The van der Waals surface area contributed by atoms with Crippen LogP contribution in [-0.4, -0.2) is 39.0 Å². The fourth-order valence-corrected chi connectivity index (χ4v) is 2.14. The lowest BCUT2D eigenvalue weighted by molar-refractivity contribution is -0.138. The highest BCUT2D eigenvalue weighted by Crippen LogP contribution is 2.23. The van der Waals surface area contributed by atoms with Gasteiger partial charge in [0.2, 0.25) is 0 Å².